The number of hydrogen-bond donors (Lipinski definition) is 1. The Balaban J connectivity index is 1.86. The maximum atomic E-state index is 12.1. The van der Waals surface area contributed by atoms with Gasteiger partial charge in [-0.25, -0.2) is 9.78 Å². The Morgan fingerprint density at radius 3 is 2.70 bits per heavy atom. The minimum absolute atomic E-state index is 0.262. The third-order valence-electron chi connectivity index (χ3n) is 3.21. The number of nitrogens with zero attached hydrogens (tertiary/aromatic N) is 1. The molecule has 0 fully saturated rings. The van der Waals surface area contributed by atoms with Gasteiger partial charge < -0.3 is 4.74 Å². The molecule has 1 N–H and O–H groups in total. The van der Waals surface area contributed by atoms with E-state index in [0.29, 0.717) is 22.0 Å². The molecule has 0 radical (unpaired) electrons. The molecule has 0 bridgehead atoms. The molecule has 0 atom stereocenters. The van der Waals surface area contributed by atoms with Gasteiger partial charge in [-0.3, -0.25) is 5.32 Å². The molecule has 6 heteroatoms. The number of pyridine rings is 1. The van der Waals surface area contributed by atoms with Crippen LogP contribution >= 0.6 is 23.2 Å². The summed E-state index contributed by atoms with van der Waals surface area (Å²) in [7, 11) is 0. The van der Waals surface area contributed by atoms with Crippen LogP contribution in [0.3, 0.4) is 0 Å². The third kappa shape index (κ3) is 3.38. The fourth-order valence-corrected chi connectivity index (χ4v) is 2.48. The largest absolute Gasteiger partial charge is 0.417 e. The normalized spacial score (nSPS) is 10.6. The van der Waals surface area contributed by atoms with Crippen LogP contribution in [0.15, 0.2) is 48.5 Å². The van der Waals surface area contributed by atoms with E-state index in [4.69, 9.17) is 27.9 Å². The zero-order chi connectivity index (χ0) is 16.4. The Morgan fingerprint density at radius 2 is 1.87 bits per heavy atom. The van der Waals surface area contributed by atoms with Crippen LogP contribution in [0.2, 0.25) is 10.0 Å². The molecule has 1 heterocycles. The number of fused-ring (bicyclic) bond motifs is 1. The van der Waals surface area contributed by atoms with E-state index in [9.17, 15) is 4.79 Å². The van der Waals surface area contributed by atoms with Crippen molar-refractivity contribution in [2.24, 2.45) is 0 Å². The second-order valence-electron chi connectivity index (χ2n) is 4.90. The number of anilines is 1. The highest BCUT2D eigenvalue weighted by Crippen LogP contribution is 2.30. The lowest BCUT2D eigenvalue weighted by atomic mass is 10.2. The summed E-state index contributed by atoms with van der Waals surface area (Å²) in [5.74, 6) is 0.377. The number of carbonyl (C=O) groups excluding carboxylic acids is 1. The van der Waals surface area contributed by atoms with E-state index < -0.39 is 6.09 Å². The van der Waals surface area contributed by atoms with Gasteiger partial charge in [0, 0.05) is 11.1 Å². The maximum Gasteiger partial charge on any atom is 0.417 e. The number of para-hydroxylation sites is 1. The molecule has 2 aromatic carbocycles. The zero-order valence-electron chi connectivity index (χ0n) is 12.1. The fourth-order valence-electron chi connectivity index (χ4n) is 2.14. The predicted octanol–water partition coefficient (Wildman–Crippen LogP) is 5.46. The lowest BCUT2D eigenvalue weighted by Crippen LogP contribution is -2.17. The van der Waals surface area contributed by atoms with Crippen molar-refractivity contribution in [3.63, 3.8) is 0 Å². The first-order valence-corrected chi connectivity index (χ1v) is 7.59. The third-order valence-corrected chi connectivity index (χ3v) is 4.03. The van der Waals surface area contributed by atoms with Crippen LogP contribution in [-0.2, 0) is 0 Å². The molecule has 4 nitrogen and oxygen atoms in total. The van der Waals surface area contributed by atoms with E-state index in [1.54, 1.807) is 30.3 Å². The van der Waals surface area contributed by atoms with Gasteiger partial charge in [0.1, 0.15) is 5.52 Å². The maximum absolute atomic E-state index is 12.1. The van der Waals surface area contributed by atoms with E-state index in [0.717, 1.165) is 11.1 Å². The first kappa shape index (κ1) is 15.6. The zero-order valence-corrected chi connectivity index (χ0v) is 13.7. The fraction of sp³-hybridized carbons (Fsp3) is 0.0588. The Labute approximate surface area is 143 Å². The molecule has 0 aliphatic heterocycles. The number of aryl methyl sites for hydroxylation is 1. The van der Waals surface area contributed by atoms with Crippen LogP contribution in [-0.4, -0.2) is 11.1 Å². The highest BCUT2D eigenvalue weighted by Gasteiger charge is 2.12. The average Bonchev–Trinajstić information content (AvgIpc) is 2.52. The number of benzene rings is 2. The number of rotatable bonds is 2. The first-order chi connectivity index (χ1) is 11.0. The van der Waals surface area contributed by atoms with Crippen LogP contribution < -0.4 is 10.1 Å². The molecule has 0 aliphatic rings. The molecule has 1 amide bonds. The van der Waals surface area contributed by atoms with Gasteiger partial charge in [-0.15, -0.1) is 0 Å². The Morgan fingerprint density at radius 1 is 1.09 bits per heavy atom. The first-order valence-electron chi connectivity index (χ1n) is 6.84. The van der Waals surface area contributed by atoms with Crippen molar-refractivity contribution in [2.75, 3.05) is 5.32 Å². The quantitative estimate of drug-likeness (QED) is 0.670. The number of ether oxygens (including phenoxy) is 1. The number of carbonyl (C=O) groups is 1. The summed E-state index contributed by atoms with van der Waals surface area (Å²) in [6.07, 6.45) is -0.662. The molecule has 0 saturated carbocycles. The SMILES string of the molecule is Cc1ccc2cccc(OC(=O)Nc3cccc(Cl)c3Cl)c2n1. The number of hydrogen-bond acceptors (Lipinski definition) is 3. The van der Waals surface area contributed by atoms with Crippen molar-refractivity contribution >= 4 is 45.9 Å². The van der Waals surface area contributed by atoms with Gasteiger partial charge >= 0.3 is 6.09 Å². The topological polar surface area (TPSA) is 51.2 Å². The van der Waals surface area contributed by atoms with E-state index in [-0.39, 0.29) is 5.02 Å². The monoisotopic (exact) mass is 346 g/mol. The highest BCUT2D eigenvalue weighted by molar-refractivity contribution is 6.43. The summed E-state index contributed by atoms with van der Waals surface area (Å²) in [4.78, 5) is 16.5. The van der Waals surface area contributed by atoms with Crippen molar-refractivity contribution < 1.29 is 9.53 Å². The molecular weight excluding hydrogens is 335 g/mol. The molecule has 3 aromatic rings. The van der Waals surface area contributed by atoms with Crippen LogP contribution in [0.4, 0.5) is 10.5 Å². The number of amides is 1. The number of nitrogens with one attached hydrogen (secondary N) is 1. The van der Waals surface area contributed by atoms with Gasteiger partial charge in [0.2, 0.25) is 0 Å². The summed E-state index contributed by atoms with van der Waals surface area (Å²) in [6.45, 7) is 1.88. The Bertz CT molecular complexity index is 897. The van der Waals surface area contributed by atoms with Gasteiger partial charge in [-0.05, 0) is 31.2 Å². The predicted molar refractivity (Wildman–Crippen MR) is 92.6 cm³/mol. The molecule has 0 aliphatic carbocycles. The molecule has 23 heavy (non-hydrogen) atoms. The van der Waals surface area contributed by atoms with Crippen LogP contribution in [0, 0.1) is 6.92 Å². The molecule has 1 aromatic heterocycles. The van der Waals surface area contributed by atoms with Crippen molar-refractivity contribution in [1.29, 1.82) is 0 Å². The van der Waals surface area contributed by atoms with Gasteiger partial charge in [0.15, 0.2) is 5.75 Å². The van der Waals surface area contributed by atoms with Crippen molar-refractivity contribution in [3.8, 4) is 5.75 Å². The summed E-state index contributed by atoms with van der Waals surface area (Å²) in [5, 5.41) is 4.08. The molecule has 0 spiro atoms. The lowest BCUT2D eigenvalue weighted by Gasteiger charge is -2.10. The summed E-state index contributed by atoms with van der Waals surface area (Å²) >= 11 is 12.0. The second-order valence-corrected chi connectivity index (χ2v) is 5.68. The Hall–Kier alpha value is -2.30. The smallest absolute Gasteiger partial charge is 0.408 e. The Kier molecular flexibility index (Phi) is 4.37. The number of halogens is 2. The molecule has 116 valence electrons. The van der Waals surface area contributed by atoms with E-state index in [1.807, 2.05) is 25.1 Å². The van der Waals surface area contributed by atoms with E-state index in [1.165, 1.54) is 0 Å². The molecule has 0 saturated heterocycles. The van der Waals surface area contributed by atoms with E-state index in [2.05, 4.69) is 10.3 Å². The summed E-state index contributed by atoms with van der Waals surface area (Å²) < 4.78 is 5.37. The van der Waals surface area contributed by atoms with Crippen molar-refractivity contribution in [2.45, 2.75) is 6.92 Å². The summed E-state index contributed by atoms with van der Waals surface area (Å²) in [5.41, 5.74) is 1.85. The van der Waals surface area contributed by atoms with Crippen LogP contribution in [0.5, 0.6) is 5.75 Å². The van der Waals surface area contributed by atoms with Crippen LogP contribution in [0.1, 0.15) is 5.69 Å². The minimum atomic E-state index is -0.662. The van der Waals surface area contributed by atoms with Gasteiger partial charge in [0.05, 0.1) is 15.7 Å². The van der Waals surface area contributed by atoms with E-state index >= 15 is 0 Å². The van der Waals surface area contributed by atoms with Gasteiger partial charge in [-0.2, -0.15) is 0 Å². The van der Waals surface area contributed by atoms with Gasteiger partial charge in [0.25, 0.3) is 0 Å². The van der Waals surface area contributed by atoms with Crippen molar-refractivity contribution in [1.82, 2.24) is 4.98 Å². The highest BCUT2D eigenvalue weighted by atomic mass is 35.5. The minimum Gasteiger partial charge on any atom is -0.408 e. The summed E-state index contributed by atoms with van der Waals surface area (Å²) in [6, 6.07) is 14.2. The molecule has 0 unspecified atom stereocenters. The van der Waals surface area contributed by atoms with Crippen LogP contribution in [0.25, 0.3) is 10.9 Å². The average molecular weight is 347 g/mol. The number of aromatic nitrogens is 1. The second kappa shape index (κ2) is 6.44. The van der Waals surface area contributed by atoms with Crippen molar-refractivity contribution in [3.05, 3.63) is 64.3 Å². The molecule has 3 rings (SSSR count). The van der Waals surface area contributed by atoms with Gasteiger partial charge in [-0.1, -0.05) is 47.5 Å². The molecular formula is C17H12Cl2N2O2. The standard InChI is InChI=1S/C17H12Cl2N2O2/c1-10-8-9-11-4-2-7-14(16(11)20-10)23-17(22)21-13-6-3-5-12(18)15(13)19/h2-9H,1H3,(H,21,22). The lowest BCUT2D eigenvalue weighted by molar-refractivity contribution is 0.215.